The molecule has 1 aromatic heterocycles. The fourth-order valence-corrected chi connectivity index (χ4v) is 4.03. The van der Waals surface area contributed by atoms with Crippen LogP contribution >= 0.6 is 0 Å². The van der Waals surface area contributed by atoms with Crippen molar-refractivity contribution in [2.75, 3.05) is 44.7 Å². The van der Waals surface area contributed by atoms with Crippen LogP contribution in [0.2, 0.25) is 0 Å². The average molecular weight is 557 g/mol. The number of amides is 3. The highest BCUT2D eigenvalue weighted by Gasteiger charge is 2.31. The fraction of sp³-hybridized carbons (Fsp3) is 0.481. The average Bonchev–Trinajstić information content (AvgIpc) is 2.95. The van der Waals surface area contributed by atoms with E-state index in [1.165, 1.54) is 15.9 Å². The maximum absolute atomic E-state index is 13.4. The van der Waals surface area contributed by atoms with Crippen molar-refractivity contribution >= 4 is 29.7 Å². The number of aliphatic hydroxyl groups excluding tert-OH is 1. The first-order valence-corrected chi connectivity index (χ1v) is 13.1. The molecule has 1 aromatic carbocycles. The third-order valence-corrected chi connectivity index (χ3v) is 6.22. The minimum absolute atomic E-state index is 0.0367. The van der Waals surface area contributed by atoms with E-state index in [1.54, 1.807) is 45.0 Å². The van der Waals surface area contributed by atoms with Crippen molar-refractivity contribution in [1.82, 2.24) is 25.1 Å². The standard InChI is InChI=1S/C27H36N6O7/c1-4-40-26(39)33-14-12-32(13-15-33)25(38)19(10-11-22(35)36)29-24(37)20-16-21(31-27(2,3)17-34)30-23(28-20)18-8-6-5-7-9-18/h5-9,16,19,34H,4,10-15,17H2,1-3H3,(H,29,37)(H,35,36)(H,28,30,31). The van der Waals surface area contributed by atoms with Crippen molar-refractivity contribution in [2.24, 2.45) is 0 Å². The molecule has 1 fully saturated rings. The van der Waals surface area contributed by atoms with Gasteiger partial charge >= 0.3 is 12.1 Å². The van der Waals surface area contributed by atoms with E-state index < -0.39 is 35.5 Å². The molecule has 1 aliphatic rings. The van der Waals surface area contributed by atoms with Crippen LogP contribution in [0.4, 0.5) is 10.6 Å². The number of carboxylic acids is 1. The zero-order valence-corrected chi connectivity index (χ0v) is 22.9. The van der Waals surface area contributed by atoms with E-state index in [1.807, 2.05) is 6.07 Å². The topological polar surface area (TPSA) is 174 Å². The van der Waals surface area contributed by atoms with Gasteiger partial charge in [0.05, 0.1) is 18.8 Å². The Kier molecular flexibility index (Phi) is 10.4. The summed E-state index contributed by atoms with van der Waals surface area (Å²) in [7, 11) is 0. The summed E-state index contributed by atoms with van der Waals surface area (Å²) in [4.78, 5) is 62.0. The summed E-state index contributed by atoms with van der Waals surface area (Å²) in [5.41, 5.74) is -0.132. The molecule has 1 aliphatic heterocycles. The second kappa shape index (κ2) is 13.7. The van der Waals surface area contributed by atoms with Gasteiger partial charge in [-0.25, -0.2) is 14.8 Å². The van der Waals surface area contributed by atoms with Gasteiger partial charge in [0.1, 0.15) is 17.6 Å². The number of rotatable bonds is 11. The molecule has 0 spiro atoms. The van der Waals surface area contributed by atoms with Crippen molar-refractivity contribution in [3.63, 3.8) is 0 Å². The van der Waals surface area contributed by atoms with Crippen molar-refractivity contribution in [2.45, 2.75) is 45.2 Å². The van der Waals surface area contributed by atoms with Crippen LogP contribution in [0.15, 0.2) is 36.4 Å². The van der Waals surface area contributed by atoms with E-state index in [4.69, 9.17) is 4.74 Å². The molecule has 0 saturated carbocycles. The smallest absolute Gasteiger partial charge is 0.409 e. The number of piperazine rings is 1. The second-order valence-electron chi connectivity index (χ2n) is 9.96. The Hall–Kier alpha value is -4.26. The molecule has 4 N–H and O–H groups in total. The lowest BCUT2D eigenvalue weighted by molar-refractivity contribution is -0.138. The Bertz CT molecular complexity index is 1200. The zero-order chi connectivity index (χ0) is 29.3. The minimum atomic E-state index is -1.13. The summed E-state index contributed by atoms with van der Waals surface area (Å²) >= 11 is 0. The molecule has 216 valence electrons. The van der Waals surface area contributed by atoms with Crippen LogP contribution in [0.25, 0.3) is 11.4 Å². The Labute approximate surface area is 232 Å². The monoisotopic (exact) mass is 556 g/mol. The molecule has 40 heavy (non-hydrogen) atoms. The van der Waals surface area contributed by atoms with Crippen LogP contribution in [-0.2, 0) is 14.3 Å². The third kappa shape index (κ3) is 8.37. The van der Waals surface area contributed by atoms with Gasteiger partial charge in [-0.1, -0.05) is 30.3 Å². The lowest BCUT2D eigenvalue weighted by Crippen LogP contribution is -2.56. The van der Waals surface area contributed by atoms with Crippen LogP contribution < -0.4 is 10.6 Å². The van der Waals surface area contributed by atoms with Crippen LogP contribution in [-0.4, -0.2) is 105 Å². The number of aromatic nitrogens is 2. The molecule has 2 heterocycles. The first kappa shape index (κ1) is 30.3. The summed E-state index contributed by atoms with van der Waals surface area (Å²) in [6, 6.07) is 9.30. The van der Waals surface area contributed by atoms with Crippen LogP contribution in [0.5, 0.6) is 0 Å². The largest absolute Gasteiger partial charge is 0.481 e. The lowest BCUT2D eigenvalue weighted by atomic mass is 10.1. The van der Waals surface area contributed by atoms with Gasteiger partial charge in [0, 0.05) is 44.2 Å². The molecular weight excluding hydrogens is 520 g/mol. The number of carbonyl (C=O) groups excluding carboxylic acids is 3. The maximum atomic E-state index is 13.4. The molecule has 3 amide bonds. The highest BCUT2D eigenvalue weighted by atomic mass is 16.6. The molecule has 1 atom stereocenters. The first-order chi connectivity index (χ1) is 19.0. The van der Waals surface area contributed by atoms with Crippen LogP contribution in [0.3, 0.4) is 0 Å². The van der Waals surface area contributed by atoms with Crippen LogP contribution in [0.1, 0.15) is 44.1 Å². The van der Waals surface area contributed by atoms with Crippen LogP contribution in [0, 0.1) is 0 Å². The molecule has 1 saturated heterocycles. The fourth-order valence-electron chi connectivity index (χ4n) is 4.03. The van der Waals surface area contributed by atoms with Crippen molar-refractivity contribution in [3.05, 3.63) is 42.1 Å². The van der Waals surface area contributed by atoms with E-state index >= 15 is 0 Å². The Morgan fingerprint density at radius 2 is 1.70 bits per heavy atom. The van der Waals surface area contributed by atoms with Gasteiger partial charge < -0.3 is 35.4 Å². The molecule has 2 aromatic rings. The summed E-state index contributed by atoms with van der Waals surface area (Å²) in [6.07, 6.45) is -0.926. The lowest BCUT2D eigenvalue weighted by Gasteiger charge is -2.35. The summed E-state index contributed by atoms with van der Waals surface area (Å²) in [5.74, 6) is -1.69. The van der Waals surface area contributed by atoms with E-state index in [-0.39, 0.29) is 63.8 Å². The summed E-state index contributed by atoms with van der Waals surface area (Å²) in [5, 5.41) is 24.7. The Balaban J connectivity index is 1.83. The molecule has 0 bridgehead atoms. The number of benzene rings is 1. The number of carbonyl (C=O) groups is 4. The van der Waals surface area contributed by atoms with E-state index in [9.17, 15) is 29.4 Å². The molecule has 3 rings (SSSR count). The zero-order valence-electron chi connectivity index (χ0n) is 22.9. The quantitative estimate of drug-likeness (QED) is 0.318. The molecule has 1 unspecified atom stereocenters. The minimum Gasteiger partial charge on any atom is -0.481 e. The molecule has 0 radical (unpaired) electrons. The van der Waals surface area contributed by atoms with Gasteiger partial charge in [0.25, 0.3) is 5.91 Å². The summed E-state index contributed by atoms with van der Waals surface area (Å²) < 4.78 is 5.01. The highest BCUT2D eigenvalue weighted by Crippen LogP contribution is 2.21. The van der Waals surface area contributed by atoms with Crippen molar-refractivity contribution < 1.29 is 34.1 Å². The van der Waals surface area contributed by atoms with E-state index in [0.29, 0.717) is 11.4 Å². The maximum Gasteiger partial charge on any atom is 0.409 e. The number of nitrogens with zero attached hydrogens (tertiary/aromatic N) is 4. The predicted octanol–water partition coefficient (Wildman–Crippen LogP) is 1.59. The number of aliphatic carboxylic acids is 1. The number of ether oxygens (including phenoxy) is 1. The van der Waals surface area contributed by atoms with Gasteiger partial charge in [-0.2, -0.15) is 0 Å². The molecular formula is C27H36N6O7. The van der Waals surface area contributed by atoms with Gasteiger partial charge in [-0.05, 0) is 27.2 Å². The third-order valence-electron chi connectivity index (χ3n) is 6.22. The number of anilines is 1. The Morgan fingerprint density at radius 3 is 2.30 bits per heavy atom. The SMILES string of the molecule is CCOC(=O)N1CCN(C(=O)C(CCC(=O)O)NC(=O)c2cc(NC(C)(C)CO)nc(-c3ccccc3)n2)CC1. The highest BCUT2D eigenvalue weighted by molar-refractivity contribution is 5.97. The number of hydrogen-bond acceptors (Lipinski definition) is 9. The number of carboxylic acid groups (broad SMARTS) is 1. The van der Waals surface area contributed by atoms with Gasteiger partial charge in [0.15, 0.2) is 5.82 Å². The van der Waals surface area contributed by atoms with Gasteiger partial charge in [0.2, 0.25) is 5.91 Å². The number of hydrogen-bond donors (Lipinski definition) is 4. The molecule has 13 nitrogen and oxygen atoms in total. The van der Waals surface area contributed by atoms with E-state index in [2.05, 4.69) is 20.6 Å². The predicted molar refractivity (Wildman–Crippen MR) is 146 cm³/mol. The van der Waals surface area contributed by atoms with Crippen molar-refractivity contribution in [3.8, 4) is 11.4 Å². The van der Waals surface area contributed by atoms with Gasteiger partial charge in [-0.15, -0.1) is 0 Å². The normalized spacial score (nSPS) is 14.3. The Morgan fingerprint density at radius 1 is 1.05 bits per heavy atom. The number of nitrogens with one attached hydrogen (secondary N) is 2. The van der Waals surface area contributed by atoms with Gasteiger partial charge in [-0.3, -0.25) is 14.4 Å². The molecule has 0 aliphatic carbocycles. The molecule has 13 heteroatoms. The summed E-state index contributed by atoms with van der Waals surface area (Å²) in [6.45, 7) is 6.22. The van der Waals surface area contributed by atoms with E-state index in [0.717, 1.165) is 0 Å². The number of aliphatic hydroxyl groups is 1. The van der Waals surface area contributed by atoms with Crippen molar-refractivity contribution in [1.29, 1.82) is 0 Å². The first-order valence-electron chi connectivity index (χ1n) is 13.1. The second-order valence-corrected chi connectivity index (χ2v) is 9.96.